The average Bonchev–Trinajstić information content (AvgIpc) is 3.40. The zero-order chi connectivity index (χ0) is 30.2. The average molecular weight is 574 g/mol. The molecule has 0 bridgehead atoms. The van der Waals surface area contributed by atoms with Crippen LogP contribution in [0.15, 0.2) is 30.3 Å². The second kappa shape index (κ2) is 14.7. The third kappa shape index (κ3) is 9.73. The maximum atomic E-state index is 13.6. The number of alkyl carbamates (subject to hydrolysis) is 1. The Morgan fingerprint density at radius 3 is 2.24 bits per heavy atom. The van der Waals surface area contributed by atoms with Gasteiger partial charge >= 0.3 is 12.1 Å². The molecule has 1 aromatic carbocycles. The maximum Gasteiger partial charge on any atom is 0.407 e. The SMILES string of the molecule is CC(C)[C@H](NC(=O)[C@@H]1CCCN1C(=O)[C@H](O)[C@H](Cc1ccccc1)NC(=O)OC(C)(C)C)C(=O)OC1CCCCC1. The highest BCUT2D eigenvalue weighted by molar-refractivity contribution is 5.92. The first-order valence-electron chi connectivity index (χ1n) is 14.9. The van der Waals surface area contributed by atoms with E-state index in [1.807, 2.05) is 44.2 Å². The summed E-state index contributed by atoms with van der Waals surface area (Å²) in [5.41, 5.74) is 0.0481. The summed E-state index contributed by atoms with van der Waals surface area (Å²) in [6, 6.07) is 6.52. The van der Waals surface area contributed by atoms with Crippen molar-refractivity contribution in [1.29, 1.82) is 0 Å². The monoisotopic (exact) mass is 573 g/mol. The zero-order valence-corrected chi connectivity index (χ0v) is 25.1. The highest BCUT2D eigenvalue weighted by atomic mass is 16.6. The number of benzene rings is 1. The molecule has 41 heavy (non-hydrogen) atoms. The zero-order valence-electron chi connectivity index (χ0n) is 25.1. The van der Waals surface area contributed by atoms with Crippen LogP contribution in [0.4, 0.5) is 4.79 Å². The molecule has 0 unspecified atom stereocenters. The van der Waals surface area contributed by atoms with E-state index in [2.05, 4.69) is 10.6 Å². The van der Waals surface area contributed by atoms with Gasteiger partial charge in [-0.3, -0.25) is 9.59 Å². The molecule has 3 N–H and O–H groups in total. The first-order chi connectivity index (χ1) is 19.4. The third-order valence-electron chi connectivity index (χ3n) is 7.53. The van der Waals surface area contributed by atoms with Gasteiger partial charge in [0.25, 0.3) is 5.91 Å². The molecule has 10 heteroatoms. The van der Waals surface area contributed by atoms with E-state index in [-0.39, 0.29) is 25.0 Å². The minimum Gasteiger partial charge on any atom is -0.461 e. The quantitative estimate of drug-likeness (QED) is 0.365. The number of hydrogen-bond acceptors (Lipinski definition) is 7. The molecule has 0 aromatic heterocycles. The van der Waals surface area contributed by atoms with E-state index in [1.54, 1.807) is 20.8 Å². The van der Waals surface area contributed by atoms with Crippen LogP contribution in [0, 0.1) is 5.92 Å². The highest BCUT2D eigenvalue weighted by Gasteiger charge is 2.41. The number of carbonyl (C=O) groups is 4. The Hall–Kier alpha value is -3.14. The molecule has 4 atom stereocenters. The first-order valence-corrected chi connectivity index (χ1v) is 14.9. The molecule has 2 fully saturated rings. The van der Waals surface area contributed by atoms with Crippen LogP contribution in [-0.4, -0.2) is 76.4 Å². The van der Waals surface area contributed by atoms with E-state index in [0.717, 1.165) is 37.7 Å². The van der Waals surface area contributed by atoms with E-state index in [4.69, 9.17) is 9.47 Å². The summed E-state index contributed by atoms with van der Waals surface area (Å²) in [4.78, 5) is 53.9. The largest absolute Gasteiger partial charge is 0.461 e. The number of esters is 1. The standard InChI is InChI=1S/C31H47N3O7/c1-20(2)25(29(38)40-22-15-10-7-11-16-22)33-27(36)24-17-12-18-34(24)28(37)26(35)23(19-21-13-8-6-9-14-21)32-30(39)41-31(3,4)5/h6,8-9,13-14,20,22-26,35H,7,10-12,15-19H2,1-5H3,(H,32,39)(H,33,36)/t23-,24-,25-,26+/m0/s1. The van der Waals surface area contributed by atoms with Gasteiger partial charge in [0.05, 0.1) is 6.04 Å². The van der Waals surface area contributed by atoms with Gasteiger partial charge in [-0.2, -0.15) is 0 Å². The molecule has 10 nitrogen and oxygen atoms in total. The fourth-order valence-electron chi connectivity index (χ4n) is 5.38. The molecular weight excluding hydrogens is 526 g/mol. The lowest BCUT2D eigenvalue weighted by molar-refractivity contribution is -0.156. The first kappa shape index (κ1) is 32.4. The molecule has 1 aromatic rings. The number of aliphatic hydroxyl groups is 1. The minimum atomic E-state index is -1.62. The summed E-state index contributed by atoms with van der Waals surface area (Å²) in [6.07, 6.45) is 3.48. The lowest BCUT2D eigenvalue weighted by atomic mass is 9.97. The second-order valence-electron chi connectivity index (χ2n) is 12.5. The number of carbonyl (C=O) groups excluding carboxylic acids is 4. The van der Waals surface area contributed by atoms with E-state index < -0.39 is 53.7 Å². The van der Waals surface area contributed by atoms with Crippen molar-refractivity contribution in [1.82, 2.24) is 15.5 Å². The van der Waals surface area contributed by atoms with E-state index in [0.29, 0.717) is 12.8 Å². The van der Waals surface area contributed by atoms with Crippen molar-refractivity contribution in [3.05, 3.63) is 35.9 Å². The van der Waals surface area contributed by atoms with Crippen molar-refractivity contribution in [2.24, 2.45) is 5.92 Å². The van der Waals surface area contributed by atoms with Crippen molar-refractivity contribution >= 4 is 23.9 Å². The Morgan fingerprint density at radius 1 is 0.976 bits per heavy atom. The van der Waals surface area contributed by atoms with Gasteiger partial charge in [0.15, 0.2) is 6.10 Å². The number of rotatable bonds is 10. The number of aliphatic hydroxyl groups excluding tert-OH is 1. The number of amides is 3. The molecular formula is C31H47N3O7. The number of hydrogen-bond donors (Lipinski definition) is 3. The highest BCUT2D eigenvalue weighted by Crippen LogP contribution is 2.23. The predicted molar refractivity (Wildman–Crippen MR) is 154 cm³/mol. The Bertz CT molecular complexity index is 1030. The van der Waals surface area contributed by atoms with Gasteiger partial charge in [0.2, 0.25) is 5.91 Å². The van der Waals surface area contributed by atoms with E-state index >= 15 is 0 Å². The Kier molecular flexibility index (Phi) is 11.6. The number of likely N-dealkylation sites (tertiary alicyclic amines) is 1. The summed E-state index contributed by atoms with van der Waals surface area (Å²) >= 11 is 0. The molecule has 1 aliphatic heterocycles. The number of ether oxygens (including phenoxy) is 2. The molecule has 1 saturated heterocycles. The van der Waals surface area contributed by atoms with Gasteiger partial charge in [0, 0.05) is 6.54 Å². The molecule has 228 valence electrons. The van der Waals surface area contributed by atoms with Crippen molar-refractivity contribution < 1.29 is 33.8 Å². The van der Waals surface area contributed by atoms with Crippen LogP contribution >= 0.6 is 0 Å². The van der Waals surface area contributed by atoms with Gasteiger partial charge in [-0.1, -0.05) is 50.6 Å². The van der Waals surface area contributed by atoms with Crippen molar-refractivity contribution in [2.45, 2.75) is 122 Å². The molecule has 3 amide bonds. The summed E-state index contributed by atoms with van der Waals surface area (Å²) in [6.45, 7) is 9.13. The predicted octanol–water partition coefficient (Wildman–Crippen LogP) is 3.49. The van der Waals surface area contributed by atoms with Gasteiger partial charge < -0.3 is 30.1 Å². The van der Waals surface area contributed by atoms with Gasteiger partial charge in [-0.05, 0) is 77.2 Å². The van der Waals surface area contributed by atoms with Gasteiger partial charge in [0.1, 0.15) is 23.8 Å². The van der Waals surface area contributed by atoms with Crippen LogP contribution in [0.25, 0.3) is 0 Å². The normalized spacial score (nSPS) is 20.2. The maximum absolute atomic E-state index is 13.6. The molecule has 0 spiro atoms. The second-order valence-corrected chi connectivity index (χ2v) is 12.5. The van der Waals surface area contributed by atoms with Crippen LogP contribution in [-0.2, 0) is 30.3 Å². The molecule has 0 radical (unpaired) electrons. The number of nitrogens with one attached hydrogen (secondary N) is 2. The molecule has 1 aliphatic carbocycles. The van der Waals surface area contributed by atoms with Crippen LogP contribution in [0.2, 0.25) is 0 Å². The Morgan fingerprint density at radius 2 is 1.63 bits per heavy atom. The fourth-order valence-corrected chi connectivity index (χ4v) is 5.38. The van der Waals surface area contributed by atoms with E-state index in [9.17, 15) is 24.3 Å². The summed E-state index contributed by atoms with van der Waals surface area (Å²) in [7, 11) is 0. The van der Waals surface area contributed by atoms with E-state index in [1.165, 1.54) is 4.90 Å². The van der Waals surface area contributed by atoms with Crippen LogP contribution < -0.4 is 10.6 Å². The van der Waals surface area contributed by atoms with Crippen LogP contribution in [0.3, 0.4) is 0 Å². The van der Waals surface area contributed by atoms with Gasteiger partial charge in [-0.25, -0.2) is 9.59 Å². The fraction of sp³-hybridized carbons (Fsp3) is 0.677. The Balaban J connectivity index is 1.70. The molecule has 3 rings (SSSR count). The van der Waals surface area contributed by atoms with Crippen molar-refractivity contribution in [3.63, 3.8) is 0 Å². The summed E-state index contributed by atoms with van der Waals surface area (Å²) in [5, 5.41) is 16.7. The van der Waals surface area contributed by atoms with Crippen molar-refractivity contribution in [2.75, 3.05) is 6.54 Å². The minimum absolute atomic E-state index is 0.131. The third-order valence-corrected chi connectivity index (χ3v) is 7.53. The van der Waals surface area contributed by atoms with Crippen LogP contribution in [0.1, 0.15) is 85.1 Å². The number of nitrogens with zero attached hydrogens (tertiary/aromatic N) is 1. The topological polar surface area (TPSA) is 134 Å². The summed E-state index contributed by atoms with van der Waals surface area (Å²) < 4.78 is 11.1. The Labute approximate surface area is 243 Å². The summed E-state index contributed by atoms with van der Waals surface area (Å²) in [5.74, 6) is -1.78. The molecule has 2 aliphatic rings. The van der Waals surface area contributed by atoms with Crippen molar-refractivity contribution in [3.8, 4) is 0 Å². The molecule has 1 saturated carbocycles. The lowest BCUT2D eigenvalue weighted by Crippen LogP contribution is -2.57. The van der Waals surface area contributed by atoms with Gasteiger partial charge in [-0.15, -0.1) is 0 Å². The molecule has 1 heterocycles. The smallest absolute Gasteiger partial charge is 0.407 e. The van der Waals surface area contributed by atoms with Crippen LogP contribution in [0.5, 0.6) is 0 Å². The lowest BCUT2D eigenvalue weighted by Gasteiger charge is -2.32.